The maximum atomic E-state index is 12.1. The molecule has 2 N–H and O–H groups in total. The van der Waals surface area contributed by atoms with Crippen LogP contribution in [0.2, 0.25) is 0 Å². The second-order valence-corrected chi connectivity index (χ2v) is 5.18. The molecule has 0 fully saturated rings. The molecule has 0 saturated carbocycles. The lowest BCUT2D eigenvalue weighted by atomic mass is 10.1. The Morgan fingerprint density at radius 1 is 1.29 bits per heavy atom. The highest BCUT2D eigenvalue weighted by Gasteiger charge is 2.14. The largest absolute Gasteiger partial charge is 0.392 e. The highest BCUT2D eigenvalue weighted by atomic mass is 79.9. The van der Waals surface area contributed by atoms with Crippen LogP contribution in [0.3, 0.4) is 0 Å². The van der Waals surface area contributed by atoms with E-state index in [1.54, 1.807) is 24.3 Å². The molecular weight excluding hydrogens is 340 g/mol. The van der Waals surface area contributed by atoms with Crippen molar-refractivity contribution in [1.29, 1.82) is 0 Å². The van der Waals surface area contributed by atoms with Crippen LogP contribution in [-0.2, 0) is 6.61 Å². The number of nitrogens with one attached hydrogen (secondary N) is 1. The van der Waals surface area contributed by atoms with Crippen LogP contribution >= 0.6 is 15.9 Å². The summed E-state index contributed by atoms with van der Waals surface area (Å²) in [6, 6.07) is 10.7. The Hall–Kier alpha value is -2.25. The number of nitro benzene ring substituents is 1. The summed E-state index contributed by atoms with van der Waals surface area (Å²) in [5.74, 6) is -0.463. The van der Waals surface area contributed by atoms with E-state index in [0.29, 0.717) is 15.7 Å². The van der Waals surface area contributed by atoms with Gasteiger partial charge in [-0.15, -0.1) is 0 Å². The molecule has 21 heavy (non-hydrogen) atoms. The number of carbonyl (C=O) groups excluding carboxylic acids is 1. The van der Waals surface area contributed by atoms with Gasteiger partial charge in [-0.3, -0.25) is 14.9 Å². The van der Waals surface area contributed by atoms with Gasteiger partial charge in [0.05, 0.1) is 11.5 Å². The first-order chi connectivity index (χ1) is 9.99. The summed E-state index contributed by atoms with van der Waals surface area (Å²) in [4.78, 5) is 22.4. The Kier molecular flexibility index (Phi) is 4.66. The summed E-state index contributed by atoms with van der Waals surface area (Å²) in [6.07, 6.45) is 0. The molecule has 0 aliphatic heterocycles. The van der Waals surface area contributed by atoms with Crippen molar-refractivity contribution in [3.05, 3.63) is 68.2 Å². The van der Waals surface area contributed by atoms with Crippen molar-refractivity contribution in [2.45, 2.75) is 6.61 Å². The van der Waals surface area contributed by atoms with E-state index < -0.39 is 10.8 Å². The molecule has 2 aromatic rings. The van der Waals surface area contributed by atoms with Gasteiger partial charge in [0, 0.05) is 27.9 Å². The number of halogens is 1. The number of rotatable bonds is 4. The molecule has 108 valence electrons. The van der Waals surface area contributed by atoms with Crippen LogP contribution in [0.4, 0.5) is 11.4 Å². The van der Waals surface area contributed by atoms with Gasteiger partial charge in [-0.1, -0.05) is 28.1 Å². The van der Waals surface area contributed by atoms with Crippen molar-refractivity contribution < 1.29 is 14.8 Å². The number of nitro groups is 1. The smallest absolute Gasteiger partial charge is 0.271 e. The molecule has 0 radical (unpaired) electrons. The molecule has 1 amide bonds. The highest BCUT2D eigenvalue weighted by molar-refractivity contribution is 9.10. The van der Waals surface area contributed by atoms with E-state index >= 15 is 0 Å². The number of nitrogens with zero attached hydrogens (tertiary/aromatic N) is 1. The molecule has 0 aromatic heterocycles. The fraction of sp³-hybridized carbons (Fsp3) is 0.0714. The fourth-order valence-corrected chi connectivity index (χ4v) is 2.24. The molecule has 7 heteroatoms. The Balaban J connectivity index is 2.25. The third-order valence-corrected chi connectivity index (χ3v) is 3.18. The first-order valence-electron chi connectivity index (χ1n) is 5.96. The lowest BCUT2D eigenvalue weighted by molar-refractivity contribution is -0.384. The van der Waals surface area contributed by atoms with Crippen molar-refractivity contribution in [2.24, 2.45) is 0 Å². The Morgan fingerprint density at radius 3 is 2.71 bits per heavy atom. The first kappa shape index (κ1) is 15.1. The van der Waals surface area contributed by atoms with Gasteiger partial charge in [0.15, 0.2) is 0 Å². The number of benzene rings is 2. The zero-order valence-corrected chi connectivity index (χ0v) is 12.3. The topological polar surface area (TPSA) is 92.5 Å². The molecule has 2 aromatic carbocycles. The minimum Gasteiger partial charge on any atom is -0.392 e. The van der Waals surface area contributed by atoms with Gasteiger partial charge in [0.25, 0.3) is 11.6 Å². The summed E-state index contributed by atoms with van der Waals surface area (Å²) >= 11 is 3.14. The second kappa shape index (κ2) is 6.47. The van der Waals surface area contributed by atoms with Crippen molar-refractivity contribution in [3.63, 3.8) is 0 Å². The molecule has 0 unspecified atom stereocenters. The number of anilines is 1. The van der Waals surface area contributed by atoms with Gasteiger partial charge >= 0.3 is 0 Å². The van der Waals surface area contributed by atoms with Gasteiger partial charge in [-0.25, -0.2) is 0 Å². The molecule has 2 rings (SSSR count). The van der Waals surface area contributed by atoms with E-state index in [4.69, 9.17) is 5.11 Å². The van der Waals surface area contributed by atoms with Gasteiger partial charge in [-0.05, 0) is 23.8 Å². The zero-order chi connectivity index (χ0) is 15.4. The second-order valence-electron chi connectivity index (χ2n) is 4.27. The van der Waals surface area contributed by atoms with Crippen LogP contribution in [0.15, 0.2) is 46.9 Å². The van der Waals surface area contributed by atoms with Gasteiger partial charge in [-0.2, -0.15) is 0 Å². The predicted octanol–water partition coefficient (Wildman–Crippen LogP) is 3.10. The number of amides is 1. The van der Waals surface area contributed by atoms with Crippen molar-refractivity contribution in [1.82, 2.24) is 0 Å². The summed E-state index contributed by atoms with van der Waals surface area (Å²) in [7, 11) is 0. The van der Waals surface area contributed by atoms with Gasteiger partial charge in [0.1, 0.15) is 0 Å². The Morgan fingerprint density at radius 2 is 2.05 bits per heavy atom. The van der Waals surface area contributed by atoms with Crippen LogP contribution in [0.1, 0.15) is 15.9 Å². The zero-order valence-electron chi connectivity index (χ0n) is 10.7. The number of carbonyl (C=O) groups is 1. The summed E-state index contributed by atoms with van der Waals surface area (Å²) < 4.78 is 0.450. The molecule has 0 saturated heterocycles. The maximum absolute atomic E-state index is 12.1. The summed E-state index contributed by atoms with van der Waals surface area (Å²) in [6.45, 7) is -0.133. The van der Waals surface area contributed by atoms with E-state index in [9.17, 15) is 14.9 Å². The van der Waals surface area contributed by atoms with Crippen molar-refractivity contribution in [2.75, 3.05) is 5.32 Å². The number of non-ortho nitro benzene ring substituents is 1. The van der Waals surface area contributed by atoms with Gasteiger partial charge < -0.3 is 10.4 Å². The standard InChI is InChI=1S/C14H11BrN2O4/c15-11-5-10(6-13(7-11)17(20)21)14(19)16-12-3-1-2-9(4-12)8-18/h1-7,18H,8H2,(H,16,19). The van der Waals surface area contributed by atoms with Crippen molar-refractivity contribution >= 4 is 33.2 Å². The van der Waals surface area contributed by atoms with E-state index in [-0.39, 0.29) is 17.9 Å². The van der Waals surface area contributed by atoms with Crippen LogP contribution in [0.5, 0.6) is 0 Å². The highest BCUT2D eigenvalue weighted by Crippen LogP contribution is 2.22. The maximum Gasteiger partial charge on any atom is 0.271 e. The van der Waals surface area contributed by atoms with E-state index in [1.807, 2.05) is 0 Å². The van der Waals surface area contributed by atoms with Crippen LogP contribution < -0.4 is 5.32 Å². The van der Waals surface area contributed by atoms with E-state index in [0.717, 1.165) is 0 Å². The molecular formula is C14H11BrN2O4. The monoisotopic (exact) mass is 350 g/mol. The van der Waals surface area contributed by atoms with E-state index in [1.165, 1.54) is 18.2 Å². The third-order valence-electron chi connectivity index (χ3n) is 2.72. The van der Waals surface area contributed by atoms with Crippen LogP contribution in [0.25, 0.3) is 0 Å². The minimum atomic E-state index is -0.562. The molecule has 0 aliphatic carbocycles. The minimum absolute atomic E-state index is 0.133. The number of aliphatic hydroxyl groups excluding tert-OH is 1. The first-order valence-corrected chi connectivity index (χ1v) is 6.75. The number of hydrogen-bond donors (Lipinski definition) is 2. The van der Waals surface area contributed by atoms with Crippen LogP contribution in [-0.4, -0.2) is 15.9 Å². The molecule has 6 nitrogen and oxygen atoms in total. The fourth-order valence-electron chi connectivity index (χ4n) is 1.76. The lowest BCUT2D eigenvalue weighted by Crippen LogP contribution is -2.12. The summed E-state index contributed by atoms with van der Waals surface area (Å²) in [5, 5.41) is 22.5. The molecule has 0 heterocycles. The number of aliphatic hydroxyl groups is 1. The number of hydrogen-bond acceptors (Lipinski definition) is 4. The van der Waals surface area contributed by atoms with Crippen LogP contribution in [0, 0.1) is 10.1 Å². The molecule has 0 bridgehead atoms. The molecule has 0 aliphatic rings. The lowest BCUT2D eigenvalue weighted by Gasteiger charge is -2.07. The normalized spacial score (nSPS) is 10.2. The molecule has 0 atom stereocenters. The Labute approximate surface area is 128 Å². The average Bonchev–Trinajstić information content (AvgIpc) is 2.46. The van der Waals surface area contributed by atoms with E-state index in [2.05, 4.69) is 21.2 Å². The quantitative estimate of drug-likeness (QED) is 0.654. The van der Waals surface area contributed by atoms with Crippen molar-refractivity contribution in [3.8, 4) is 0 Å². The Bertz CT molecular complexity index is 703. The predicted molar refractivity (Wildman–Crippen MR) is 81.1 cm³/mol. The van der Waals surface area contributed by atoms with Gasteiger partial charge in [0.2, 0.25) is 0 Å². The average molecular weight is 351 g/mol. The summed E-state index contributed by atoms with van der Waals surface area (Å²) in [5.41, 5.74) is 1.17. The third kappa shape index (κ3) is 3.87. The molecule has 0 spiro atoms. The SMILES string of the molecule is O=C(Nc1cccc(CO)c1)c1cc(Br)cc([N+](=O)[O-])c1.